The Bertz CT molecular complexity index is 890. The van der Waals surface area contributed by atoms with Crippen LogP contribution in [-0.4, -0.2) is 20.2 Å². The van der Waals surface area contributed by atoms with Gasteiger partial charge in [0.05, 0.1) is 10.9 Å². The Hall–Kier alpha value is -2.47. The van der Waals surface area contributed by atoms with Crippen molar-refractivity contribution in [3.8, 4) is 11.5 Å². The zero-order chi connectivity index (χ0) is 15.0. The minimum absolute atomic E-state index is 0.170. The van der Waals surface area contributed by atoms with Crippen LogP contribution >= 0.6 is 11.8 Å². The molecular weight excluding hydrogens is 288 g/mol. The summed E-state index contributed by atoms with van der Waals surface area (Å²) in [7, 11) is 0. The van der Waals surface area contributed by atoms with E-state index in [2.05, 4.69) is 9.97 Å². The number of phenols is 2. The number of hydrogen-bond acceptors (Lipinski definition) is 5. The lowest BCUT2D eigenvalue weighted by Crippen LogP contribution is -2.08. The molecule has 0 bridgehead atoms. The van der Waals surface area contributed by atoms with E-state index >= 15 is 0 Å². The molecule has 3 aromatic rings. The predicted octanol–water partition coefficient (Wildman–Crippen LogP) is 2.79. The van der Waals surface area contributed by atoms with Crippen molar-refractivity contribution < 1.29 is 10.2 Å². The molecule has 106 valence electrons. The van der Waals surface area contributed by atoms with E-state index in [-0.39, 0.29) is 17.1 Å². The molecule has 1 aromatic heterocycles. The number of nitrogens with zero attached hydrogens (tertiary/aromatic N) is 1. The smallest absolute Gasteiger partial charge is 0.259 e. The maximum absolute atomic E-state index is 12.0. The van der Waals surface area contributed by atoms with E-state index in [1.165, 1.54) is 23.9 Å². The molecule has 0 unspecified atom stereocenters. The summed E-state index contributed by atoms with van der Waals surface area (Å²) in [6.45, 7) is 1.81. The molecule has 0 spiro atoms. The Morgan fingerprint density at radius 1 is 1.14 bits per heavy atom. The van der Waals surface area contributed by atoms with E-state index in [1.54, 1.807) is 25.1 Å². The number of aromatic amines is 1. The highest BCUT2D eigenvalue weighted by Gasteiger charge is 2.10. The summed E-state index contributed by atoms with van der Waals surface area (Å²) in [5.74, 6) is -0.372. The zero-order valence-corrected chi connectivity index (χ0v) is 11.9. The van der Waals surface area contributed by atoms with Gasteiger partial charge in [-0.05, 0) is 36.8 Å². The van der Waals surface area contributed by atoms with Gasteiger partial charge in [-0.25, -0.2) is 4.98 Å². The molecule has 3 rings (SSSR count). The molecule has 0 atom stereocenters. The van der Waals surface area contributed by atoms with Crippen LogP contribution in [0.2, 0.25) is 0 Å². The maximum Gasteiger partial charge on any atom is 0.259 e. The lowest BCUT2D eigenvalue weighted by Gasteiger charge is -2.07. The number of fused-ring (bicyclic) bond motifs is 1. The van der Waals surface area contributed by atoms with Gasteiger partial charge in [0.2, 0.25) is 0 Å². The number of benzene rings is 2. The Morgan fingerprint density at radius 3 is 2.67 bits per heavy atom. The van der Waals surface area contributed by atoms with Crippen molar-refractivity contribution in [2.24, 2.45) is 0 Å². The summed E-state index contributed by atoms with van der Waals surface area (Å²) in [4.78, 5) is 19.8. The lowest BCUT2D eigenvalue weighted by atomic mass is 10.2. The van der Waals surface area contributed by atoms with Gasteiger partial charge >= 0.3 is 0 Å². The second kappa shape index (κ2) is 5.14. The first kappa shape index (κ1) is 13.5. The van der Waals surface area contributed by atoms with E-state index in [4.69, 9.17) is 0 Å². The molecule has 1 heterocycles. The fraction of sp³-hybridized carbons (Fsp3) is 0.0667. The molecule has 0 aliphatic rings. The number of rotatable bonds is 2. The molecule has 0 saturated carbocycles. The van der Waals surface area contributed by atoms with E-state index in [0.717, 1.165) is 5.56 Å². The van der Waals surface area contributed by atoms with Crippen LogP contribution in [0.5, 0.6) is 11.5 Å². The second-order valence-electron chi connectivity index (χ2n) is 4.60. The average molecular weight is 300 g/mol. The van der Waals surface area contributed by atoms with Gasteiger partial charge in [0.1, 0.15) is 0 Å². The topological polar surface area (TPSA) is 86.2 Å². The summed E-state index contributed by atoms with van der Waals surface area (Å²) in [5, 5.41) is 20.0. The highest BCUT2D eigenvalue weighted by Crippen LogP contribution is 2.35. The van der Waals surface area contributed by atoms with Crippen molar-refractivity contribution in [2.75, 3.05) is 0 Å². The Morgan fingerprint density at radius 2 is 1.86 bits per heavy atom. The van der Waals surface area contributed by atoms with Crippen LogP contribution in [0.15, 0.2) is 51.2 Å². The first-order chi connectivity index (χ1) is 10.0. The summed E-state index contributed by atoms with van der Waals surface area (Å²) in [6.07, 6.45) is 0. The van der Waals surface area contributed by atoms with Gasteiger partial charge in [0.25, 0.3) is 5.56 Å². The maximum atomic E-state index is 12.0. The van der Waals surface area contributed by atoms with Crippen molar-refractivity contribution >= 4 is 22.7 Å². The standard InChI is InChI=1S/C15H12N2O3S/c1-8-6-11(18)12(19)7-13(8)21-15-16-10-5-3-2-4-9(10)14(20)17-15/h2-7,18-19H,1H3,(H,16,17,20). The average Bonchev–Trinajstić information content (AvgIpc) is 2.45. The van der Waals surface area contributed by atoms with Gasteiger partial charge in [-0.15, -0.1) is 0 Å². The van der Waals surface area contributed by atoms with Crippen molar-refractivity contribution in [1.82, 2.24) is 9.97 Å². The van der Waals surface area contributed by atoms with E-state index in [9.17, 15) is 15.0 Å². The molecule has 21 heavy (non-hydrogen) atoms. The number of aryl methyl sites for hydroxylation is 1. The predicted molar refractivity (Wildman–Crippen MR) is 81.0 cm³/mol. The number of nitrogens with one attached hydrogen (secondary N) is 1. The first-order valence-electron chi connectivity index (χ1n) is 6.24. The number of aromatic nitrogens is 2. The van der Waals surface area contributed by atoms with Crippen LogP contribution in [0.25, 0.3) is 10.9 Å². The van der Waals surface area contributed by atoms with Crippen LogP contribution in [-0.2, 0) is 0 Å². The summed E-state index contributed by atoms with van der Waals surface area (Å²) in [6, 6.07) is 10.0. The zero-order valence-electron chi connectivity index (χ0n) is 11.1. The molecule has 0 amide bonds. The number of aromatic hydroxyl groups is 2. The quantitative estimate of drug-likeness (QED) is 0.500. The Kier molecular flexibility index (Phi) is 3.31. The molecular formula is C15H12N2O3S. The van der Waals surface area contributed by atoms with Gasteiger partial charge in [-0.1, -0.05) is 23.9 Å². The van der Waals surface area contributed by atoms with E-state index in [1.807, 2.05) is 6.07 Å². The first-order valence-corrected chi connectivity index (χ1v) is 7.06. The molecule has 0 aliphatic heterocycles. The SMILES string of the molecule is Cc1cc(O)c(O)cc1Sc1nc2ccccc2c(=O)[nH]1. The normalized spacial score (nSPS) is 10.9. The minimum atomic E-state index is -0.205. The van der Waals surface area contributed by atoms with E-state index < -0.39 is 0 Å². The minimum Gasteiger partial charge on any atom is -0.504 e. The van der Waals surface area contributed by atoms with Crippen LogP contribution < -0.4 is 5.56 Å². The van der Waals surface area contributed by atoms with Crippen molar-refractivity contribution in [3.63, 3.8) is 0 Å². The van der Waals surface area contributed by atoms with E-state index in [0.29, 0.717) is 21.0 Å². The molecule has 5 nitrogen and oxygen atoms in total. The van der Waals surface area contributed by atoms with Crippen LogP contribution in [0.1, 0.15) is 5.56 Å². The van der Waals surface area contributed by atoms with Gasteiger partial charge in [0.15, 0.2) is 16.7 Å². The lowest BCUT2D eigenvalue weighted by molar-refractivity contribution is 0.402. The molecule has 0 fully saturated rings. The van der Waals surface area contributed by atoms with Crippen LogP contribution in [0.4, 0.5) is 0 Å². The molecule has 3 N–H and O–H groups in total. The van der Waals surface area contributed by atoms with Gasteiger partial charge in [0, 0.05) is 4.90 Å². The Labute approximate surface area is 124 Å². The number of H-pyrrole nitrogens is 1. The third kappa shape index (κ3) is 2.57. The summed E-state index contributed by atoms with van der Waals surface area (Å²) < 4.78 is 0. The monoisotopic (exact) mass is 300 g/mol. The van der Waals surface area contributed by atoms with Crippen LogP contribution in [0, 0.1) is 6.92 Å². The van der Waals surface area contributed by atoms with Crippen molar-refractivity contribution in [1.29, 1.82) is 0 Å². The molecule has 0 aliphatic carbocycles. The summed E-state index contributed by atoms with van der Waals surface area (Å²) in [5.41, 5.74) is 1.19. The fourth-order valence-electron chi connectivity index (χ4n) is 1.99. The Balaban J connectivity index is 2.06. The number of para-hydroxylation sites is 1. The second-order valence-corrected chi connectivity index (χ2v) is 5.63. The highest BCUT2D eigenvalue weighted by molar-refractivity contribution is 7.99. The molecule has 0 saturated heterocycles. The van der Waals surface area contributed by atoms with Gasteiger partial charge in [-0.3, -0.25) is 4.79 Å². The third-order valence-corrected chi connectivity index (χ3v) is 4.12. The van der Waals surface area contributed by atoms with Crippen LogP contribution in [0.3, 0.4) is 0 Å². The van der Waals surface area contributed by atoms with Gasteiger partial charge in [-0.2, -0.15) is 0 Å². The number of hydrogen-bond donors (Lipinski definition) is 3. The third-order valence-electron chi connectivity index (χ3n) is 3.07. The largest absolute Gasteiger partial charge is 0.504 e. The molecule has 0 radical (unpaired) electrons. The van der Waals surface area contributed by atoms with Crippen molar-refractivity contribution in [2.45, 2.75) is 17.0 Å². The summed E-state index contributed by atoms with van der Waals surface area (Å²) >= 11 is 1.23. The number of phenolic OH excluding ortho intramolecular Hbond substituents is 2. The fourth-order valence-corrected chi connectivity index (χ4v) is 2.88. The molecule has 2 aromatic carbocycles. The highest BCUT2D eigenvalue weighted by atomic mass is 32.2. The van der Waals surface area contributed by atoms with Gasteiger partial charge < -0.3 is 15.2 Å². The molecule has 6 heteroatoms. The van der Waals surface area contributed by atoms with Crippen molar-refractivity contribution in [3.05, 3.63) is 52.3 Å².